The Morgan fingerprint density at radius 1 is 1.28 bits per heavy atom. The number of rotatable bonds is 3. The van der Waals surface area contributed by atoms with E-state index in [0.29, 0.717) is 36.5 Å². The van der Waals surface area contributed by atoms with Crippen LogP contribution in [0.1, 0.15) is 22.3 Å². The summed E-state index contributed by atoms with van der Waals surface area (Å²) in [6.07, 6.45) is 3.64. The summed E-state index contributed by atoms with van der Waals surface area (Å²) in [6, 6.07) is 7.65. The molecule has 0 N–H and O–H groups in total. The number of aryl methyl sites for hydroxylation is 1. The highest BCUT2D eigenvalue weighted by molar-refractivity contribution is 7.92. The molecule has 0 spiro atoms. The smallest absolute Gasteiger partial charge is 0.259 e. The van der Waals surface area contributed by atoms with Crippen molar-refractivity contribution >= 4 is 27.4 Å². The molecule has 3 rings (SSSR count). The van der Waals surface area contributed by atoms with Crippen molar-refractivity contribution in [3.05, 3.63) is 53.5 Å². The van der Waals surface area contributed by atoms with Crippen molar-refractivity contribution in [2.24, 2.45) is 0 Å². The number of hydrogen-bond donors (Lipinski definition) is 0. The maximum Gasteiger partial charge on any atom is 0.259 e. The molecule has 1 aliphatic rings. The molecule has 2 aromatic rings. The maximum atomic E-state index is 13.0. The van der Waals surface area contributed by atoms with Gasteiger partial charge in [0.25, 0.3) is 5.91 Å². The van der Waals surface area contributed by atoms with Crippen LogP contribution >= 0.6 is 0 Å². The topological polar surface area (TPSA) is 70.6 Å². The number of halogens is 1. The van der Waals surface area contributed by atoms with Crippen LogP contribution in [0, 0.1) is 5.82 Å². The van der Waals surface area contributed by atoms with E-state index >= 15 is 0 Å². The van der Waals surface area contributed by atoms with Crippen molar-refractivity contribution in [2.75, 3.05) is 29.1 Å². The van der Waals surface area contributed by atoms with E-state index < -0.39 is 15.8 Å². The molecular formula is C17H18FN3O3S. The van der Waals surface area contributed by atoms with Crippen LogP contribution in [-0.2, 0) is 16.4 Å². The lowest BCUT2D eigenvalue weighted by molar-refractivity contribution is 0.0992. The highest BCUT2D eigenvalue weighted by Crippen LogP contribution is 2.30. The van der Waals surface area contributed by atoms with Gasteiger partial charge in [0.1, 0.15) is 11.6 Å². The van der Waals surface area contributed by atoms with E-state index in [0.717, 1.165) is 11.8 Å². The molecule has 0 saturated carbocycles. The SMILES string of the molecule is CN(C(=O)c1ccc2c(c1)CCCN2S(C)(=O)=O)c1ccc(F)cn1. The summed E-state index contributed by atoms with van der Waals surface area (Å²) in [5.41, 5.74) is 1.87. The minimum atomic E-state index is -3.34. The van der Waals surface area contributed by atoms with Crippen LogP contribution in [0.15, 0.2) is 36.5 Å². The third-order valence-electron chi connectivity index (χ3n) is 4.16. The summed E-state index contributed by atoms with van der Waals surface area (Å²) in [5.74, 6) is -0.431. The quantitative estimate of drug-likeness (QED) is 0.838. The Morgan fingerprint density at radius 3 is 2.68 bits per heavy atom. The van der Waals surface area contributed by atoms with Crippen molar-refractivity contribution in [2.45, 2.75) is 12.8 Å². The Balaban J connectivity index is 1.91. The number of sulfonamides is 1. The predicted molar refractivity (Wildman–Crippen MR) is 93.9 cm³/mol. The minimum Gasteiger partial charge on any atom is -0.296 e. The first-order chi connectivity index (χ1) is 11.8. The second-order valence-electron chi connectivity index (χ2n) is 5.98. The fraction of sp³-hybridized carbons (Fsp3) is 0.294. The first-order valence-corrected chi connectivity index (χ1v) is 9.62. The van der Waals surface area contributed by atoms with Crippen LogP contribution in [0.2, 0.25) is 0 Å². The molecule has 25 heavy (non-hydrogen) atoms. The van der Waals surface area contributed by atoms with E-state index in [9.17, 15) is 17.6 Å². The molecule has 2 heterocycles. The fourth-order valence-corrected chi connectivity index (χ4v) is 3.90. The van der Waals surface area contributed by atoms with Gasteiger partial charge >= 0.3 is 0 Å². The van der Waals surface area contributed by atoms with Crippen molar-refractivity contribution in [1.82, 2.24) is 4.98 Å². The molecule has 1 aliphatic heterocycles. The van der Waals surface area contributed by atoms with Gasteiger partial charge in [-0.25, -0.2) is 17.8 Å². The Morgan fingerprint density at radius 2 is 2.04 bits per heavy atom. The molecule has 0 fully saturated rings. The number of nitrogens with zero attached hydrogens (tertiary/aromatic N) is 3. The summed E-state index contributed by atoms with van der Waals surface area (Å²) >= 11 is 0. The van der Waals surface area contributed by atoms with E-state index in [1.165, 1.54) is 27.6 Å². The van der Waals surface area contributed by atoms with Gasteiger partial charge in [0.05, 0.1) is 18.1 Å². The summed E-state index contributed by atoms with van der Waals surface area (Å²) in [4.78, 5) is 17.9. The molecule has 0 unspecified atom stereocenters. The van der Waals surface area contributed by atoms with Gasteiger partial charge in [0.2, 0.25) is 10.0 Å². The normalized spacial score (nSPS) is 14.1. The molecule has 6 nitrogen and oxygen atoms in total. The van der Waals surface area contributed by atoms with Gasteiger partial charge in [-0.1, -0.05) is 0 Å². The van der Waals surface area contributed by atoms with E-state index in [4.69, 9.17) is 0 Å². The third kappa shape index (κ3) is 3.48. The van der Waals surface area contributed by atoms with Crippen molar-refractivity contribution in [3.8, 4) is 0 Å². The molecule has 0 aliphatic carbocycles. The molecular weight excluding hydrogens is 345 g/mol. The van der Waals surface area contributed by atoms with E-state index in [2.05, 4.69) is 4.98 Å². The number of benzene rings is 1. The van der Waals surface area contributed by atoms with Crippen molar-refractivity contribution < 1.29 is 17.6 Å². The average Bonchev–Trinajstić information content (AvgIpc) is 2.59. The highest BCUT2D eigenvalue weighted by atomic mass is 32.2. The molecule has 1 amide bonds. The van der Waals surface area contributed by atoms with Crippen LogP contribution in [0.4, 0.5) is 15.9 Å². The molecule has 0 bridgehead atoms. The van der Waals surface area contributed by atoms with Gasteiger partial charge in [-0.05, 0) is 48.7 Å². The maximum absolute atomic E-state index is 13.0. The zero-order valence-corrected chi connectivity index (χ0v) is 14.8. The lowest BCUT2D eigenvalue weighted by Gasteiger charge is -2.29. The molecule has 8 heteroatoms. The zero-order valence-electron chi connectivity index (χ0n) is 13.9. The van der Waals surface area contributed by atoms with Crippen LogP contribution in [0.3, 0.4) is 0 Å². The summed E-state index contributed by atoms with van der Waals surface area (Å²) < 4.78 is 38.1. The zero-order chi connectivity index (χ0) is 18.2. The Kier molecular flexibility index (Phi) is 4.47. The summed E-state index contributed by atoms with van der Waals surface area (Å²) in [5, 5.41) is 0. The molecule has 1 aromatic heterocycles. The van der Waals surface area contributed by atoms with Gasteiger partial charge in [-0.2, -0.15) is 0 Å². The van der Waals surface area contributed by atoms with Crippen molar-refractivity contribution in [3.63, 3.8) is 0 Å². The summed E-state index contributed by atoms with van der Waals surface area (Å²) in [6.45, 7) is 0.443. The Hall–Kier alpha value is -2.48. The van der Waals surface area contributed by atoms with Crippen LogP contribution in [0.5, 0.6) is 0 Å². The second-order valence-corrected chi connectivity index (χ2v) is 7.89. The van der Waals surface area contributed by atoms with Crippen LogP contribution in [-0.4, -0.2) is 39.2 Å². The highest BCUT2D eigenvalue weighted by Gasteiger charge is 2.25. The van der Waals surface area contributed by atoms with Gasteiger partial charge in [0.15, 0.2) is 0 Å². The first kappa shape index (κ1) is 17.3. The Bertz CT molecular complexity index is 913. The average molecular weight is 363 g/mol. The van der Waals surface area contributed by atoms with Gasteiger partial charge in [0, 0.05) is 19.2 Å². The number of carbonyl (C=O) groups excluding carboxylic acids is 1. The van der Waals surface area contributed by atoms with Gasteiger partial charge in [-0.3, -0.25) is 14.0 Å². The summed E-state index contributed by atoms with van der Waals surface area (Å²) in [7, 11) is -1.78. The number of anilines is 2. The number of amides is 1. The number of hydrogen-bond acceptors (Lipinski definition) is 4. The molecule has 0 saturated heterocycles. The number of pyridine rings is 1. The fourth-order valence-electron chi connectivity index (χ4n) is 2.90. The minimum absolute atomic E-state index is 0.293. The molecule has 1 aromatic carbocycles. The monoisotopic (exact) mass is 363 g/mol. The standard InChI is InChI=1S/C17H18FN3O3S/c1-20(16-8-6-14(18)11-19-16)17(22)13-5-7-15-12(10-13)4-3-9-21(15)25(2,23)24/h5-8,10-11H,3-4,9H2,1-2H3. The van der Waals surface area contributed by atoms with Crippen LogP contribution in [0.25, 0.3) is 0 Å². The lowest BCUT2D eigenvalue weighted by atomic mass is 10.0. The van der Waals surface area contributed by atoms with Crippen LogP contribution < -0.4 is 9.21 Å². The first-order valence-electron chi connectivity index (χ1n) is 7.77. The van der Waals surface area contributed by atoms with Gasteiger partial charge < -0.3 is 0 Å². The molecule has 0 atom stereocenters. The number of fused-ring (bicyclic) bond motifs is 1. The predicted octanol–water partition coefficient (Wildman–Crippen LogP) is 2.21. The molecule has 132 valence electrons. The second kappa shape index (κ2) is 6.44. The number of aromatic nitrogens is 1. The number of carbonyl (C=O) groups is 1. The lowest BCUT2D eigenvalue weighted by Crippen LogP contribution is -2.35. The van der Waals surface area contributed by atoms with E-state index in [1.807, 2.05) is 0 Å². The Labute approximate surface area is 145 Å². The van der Waals surface area contributed by atoms with E-state index in [-0.39, 0.29) is 5.91 Å². The third-order valence-corrected chi connectivity index (χ3v) is 5.34. The molecule has 0 radical (unpaired) electrons. The van der Waals surface area contributed by atoms with Crippen molar-refractivity contribution in [1.29, 1.82) is 0 Å². The van der Waals surface area contributed by atoms with E-state index in [1.54, 1.807) is 25.2 Å². The largest absolute Gasteiger partial charge is 0.296 e. The van der Waals surface area contributed by atoms with Gasteiger partial charge in [-0.15, -0.1) is 0 Å².